The van der Waals surface area contributed by atoms with Crippen LogP contribution in [0, 0.1) is 13.8 Å². The predicted molar refractivity (Wildman–Crippen MR) is 91.6 cm³/mol. The molecule has 9 heteroatoms. The minimum Gasteiger partial charge on any atom is -0.453 e. The highest BCUT2D eigenvalue weighted by atomic mass is 19.3. The van der Waals surface area contributed by atoms with Gasteiger partial charge in [0.05, 0.1) is 11.4 Å². The number of halogens is 2. The van der Waals surface area contributed by atoms with E-state index in [1.165, 1.54) is 25.1 Å². The fraction of sp³-hybridized carbons (Fsp3) is 0.389. The van der Waals surface area contributed by atoms with Gasteiger partial charge in [-0.15, -0.1) is 0 Å². The number of alkyl halides is 2. The average Bonchev–Trinajstić information content (AvgIpc) is 2.92. The fourth-order valence-electron chi connectivity index (χ4n) is 2.40. The Morgan fingerprint density at radius 2 is 1.96 bits per heavy atom. The van der Waals surface area contributed by atoms with E-state index >= 15 is 0 Å². The Bertz CT molecular complexity index is 787. The number of para-hydroxylation sites is 2. The monoisotopic (exact) mass is 382 g/mol. The molecule has 1 amide bonds. The molecule has 0 aliphatic heterocycles. The van der Waals surface area contributed by atoms with Crippen LogP contribution in [-0.4, -0.2) is 29.7 Å². The van der Waals surface area contributed by atoms with Crippen LogP contribution in [0.5, 0.6) is 5.75 Å². The Hall–Kier alpha value is -2.97. The van der Waals surface area contributed by atoms with Crippen molar-refractivity contribution in [2.45, 2.75) is 46.3 Å². The van der Waals surface area contributed by atoms with E-state index in [4.69, 9.17) is 9.26 Å². The van der Waals surface area contributed by atoms with E-state index in [1.54, 1.807) is 19.9 Å². The molecule has 1 heterocycles. The van der Waals surface area contributed by atoms with Crippen molar-refractivity contribution < 1.29 is 32.4 Å². The Morgan fingerprint density at radius 1 is 1.26 bits per heavy atom. The standard InChI is InChI=1S/C18H20F2N2O5/c1-10-13(11(2)27-22-10)8-9-16(23)25-12(3)17(24)21-14-6-4-5-7-15(14)26-18(19)20/h4-7,12,18H,8-9H2,1-3H3,(H,21,24)/t12-/m1/s1. The third-order valence-electron chi connectivity index (χ3n) is 3.80. The topological polar surface area (TPSA) is 90.7 Å². The van der Waals surface area contributed by atoms with E-state index in [1.807, 2.05) is 0 Å². The molecule has 2 aromatic rings. The summed E-state index contributed by atoms with van der Waals surface area (Å²) in [6.45, 7) is 1.88. The second-order valence-electron chi connectivity index (χ2n) is 5.80. The van der Waals surface area contributed by atoms with Crippen molar-refractivity contribution in [2.75, 3.05) is 5.32 Å². The number of aryl methyl sites for hydroxylation is 2. The van der Waals surface area contributed by atoms with Gasteiger partial charge in [-0.3, -0.25) is 9.59 Å². The Balaban J connectivity index is 1.89. The molecule has 0 bridgehead atoms. The van der Waals surface area contributed by atoms with Crippen molar-refractivity contribution >= 4 is 17.6 Å². The van der Waals surface area contributed by atoms with Crippen molar-refractivity contribution in [2.24, 2.45) is 0 Å². The lowest BCUT2D eigenvalue weighted by atomic mass is 10.1. The number of benzene rings is 1. The first-order chi connectivity index (χ1) is 12.8. The third kappa shape index (κ3) is 5.77. The van der Waals surface area contributed by atoms with E-state index in [9.17, 15) is 18.4 Å². The molecule has 2 rings (SSSR count). The van der Waals surface area contributed by atoms with Crippen LogP contribution < -0.4 is 10.1 Å². The van der Waals surface area contributed by atoms with Crippen LogP contribution in [0.2, 0.25) is 0 Å². The van der Waals surface area contributed by atoms with Crippen LogP contribution in [0.25, 0.3) is 0 Å². The van der Waals surface area contributed by atoms with Crippen molar-refractivity contribution in [3.8, 4) is 5.75 Å². The molecule has 0 saturated carbocycles. The summed E-state index contributed by atoms with van der Waals surface area (Å²) in [5.41, 5.74) is 1.57. The van der Waals surface area contributed by atoms with E-state index in [0.29, 0.717) is 17.9 Å². The highest BCUT2D eigenvalue weighted by Crippen LogP contribution is 2.25. The van der Waals surface area contributed by atoms with Gasteiger partial charge in [0.25, 0.3) is 5.91 Å². The molecule has 1 aromatic heterocycles. The number of ether oxygens (including phenoxy) is 2. The molecule has 1 N–H and O–H groups in total. The zero-order valence-electron chi connectivity index (χ0n) is 15.1. The normalized spacial score (nSPS) is 11.9. The van der Waals surface area contributed by atoms with Gasteiger partial charge in [0.15, 0.2) is 6.10 Å². The summed E-state index contributed by atoms with van der Waals surface area (Å²) in [6.07, 6.45) is -0.688. The summed E-state index contributed by atoms with van der Waals surface area (Å²) in [4.78, 5) is 24.1. The second kappa shape index (κ2) is 9.11. The number of hydrogen-bond donors (Lipinski definition) is 1. The number of hydrogen-bond acceptors (Lipinski definition) is 6. The fourth-order valence-corrected chi connectivity index (χ4v) is 2.40. The molecule has 0 aliphatic rings. The van der Waals surface area contributed by atoms with Crippen LogP contribution in [-0.2, 0) is 20.7 Å². The SMILES string of the molecule is Cc1noc(C)c1CCC(=O)O[C@H](C)C(=O)Nc1ccccc1OC(F)F. The van der Waals surface area contributed by atoms with Crippen LogP contribution >= 0.6 is 0 Å². The smallest absolute Gasteiger partial charge is 0.387 e. The van der Waals surface area contributed by atoms with Gasteiger partial charge in [0.1, 0.15) is 11.5 Å². The predicted octanol–water partition coefficient (Wildman–Crippen LogP) is 3.40. The minimum absolute atomic E-state index is 0.0472. The van der Waals surface area contributed by atoms with Crippen LogP contribution in [0.3, 0.4) is 0 Å². The van der Waals surface area contributed by atoms with Gasteiger partial charge in [-0.2, -0.15) is 8.78 Å². The lowest BCUT2D eigenvalue weighted by Crippen LogP contribution is -2.30. The first-order valence-electron chi connectivity index (χ1n) is 8.24. The lowest BCUT2D eigenvalue weighted by Gasteiger charge is -2.15. The molecular weight excluding hydrogens is 362 g/mol. The first-order valence-corrected chi connectivity index (χ1v) is 8.24. The first kappa shape index (κ1) is 20.3. The highest BCUT2D eigenvalue weighted by molar-refractivity contribution is 5.96. The van der Waals surface area contributed by atoms with Gasteiger partial charge in [-0.1, -0.05) is 17.3 Å². The number of rotatable bonds is 8. The van der Waals surface area contributed by atoms with Crippen molar-refractivity contribution in [1.29, 1.82) is 0 Å². The molecular formula is C18H20F2N2O5. The van der Waals surface area contributed by atoms with Gasteiger partial charge in [-0.05, 0) is 39.3 Å². The molecule has 0 aliphatic carbocycles. The lowest BCUT2D eigenvalue weighted by molar-refractivity contribution is -0.153. The summed E-state index contributed by atoms with van der Waals surface area (Å²) in [7, 11) is 0. The van der Waals surface area contributed by atoms with Crippen LogP contribution in [0.15, 0.2) is 28.8 Å². The molecule has 0 spiro atoms. The van der Waals surface area contributed by atoms with E-state index in [2.05, 4.69) is 15.2 Å². The molecule has 0 unspecified atom stereocenters. The number of carbonyl (C=O) groups excluding carboxylic acids is 2. The second-order valence-corrected chi connectivity index (χ2v) is 5.80. The Morgan fingerprint density at radius 3 is 2.59 bits per heavy atom. The van der Waals surface area contributed by atoms with Gasteiger partial charge in [-0.25, -0.2) is 0 Å². The molecule has 0 radical (unpaired) electrons. The van der Waals surface area contributed by atoms with Gasteiger partial charge < -0.3 is 19.3 Å². The van der Waals surface area contributed by atoms with Gasteiger partial charge in [0, 0.05) is 12.0 Å². The van der Waals surface area contributed by atoms with E-state index < -0.39 is 24.6 Å². The Kier molecular flexibility index (Phi) is 6.86. The zero-order chi connectivity index (χ0) is 20.0. The third-order valence-corrected chi connectivity index (χ3v) is 3.80. The average molecular weight is 382 g/mol. The molecule has 7 nitrogen and oxygen atoms in total. The molecule has 1 aromatic carbocycles. The summed E-state index contributed by atoms with van der Waals surface area (Å²) >= 11 is 0. The molecule has 0 fully saturated rings. The van der Waals surface area contributed by atoms with Crippen molar-refractivity contribution in [3.05, 3.63) is 41.3 Å². The maximum absolute atomic E-state index is 12.4. The summed E-state index contributed by atoms with van der Waals surface area (Å²) in [5, 5.41) is 6.21. The highest BCUT2D eigenvalue weighted by Gasteiger charge is 2.20. The van der Waals surface area contributed by atoms with E-state index in [-0.39, 0.29) is 17.9 Å². The number of esters is 1. The number of anilines is 1. The van der Waals surface area contributed by atoms with Crippen LogP contribution in [0.4, 0.5) is 14.5 Å². The number of amides is 1. The van der Waals surface area contributed by atoms with Crippen molar-refractivity contribution in [1.82, 2.24) is 5.16 Å². The molecule has 0 saturated heterocycles. The number of carbonyl (C=O) groups is 2. The largest absolute Gasteiger partial charge is 0.453 e. The summed E-state index contributed by atoms with van der Waals surface area (Å²) < 4.78 is 39.3. The summed E-state index contributed by atoms with van der Waals surface area (Å²) in [6, 6.07) is 5.74. The van der Waals surface area contributed by atoms with Gasteiger partial charge in [0.2, 0.25) is 0 Å². The van der Waals surface area contributed by atoms with Crippen LogP contribution in [0.1, 0.15) is 30.4 Å². The minimum atomic E-state index is -3.03. The number of nitrogens with one attached hydrogen (secondary N) is 1. The maximum atomic E-state index is 12.4. The zero-order valence-corrected chi connectivity index (χ0v) is 15.1. The molecule has 27 heavy (non-hydrogen) atoms. The number of aromatic nitrogens is 1. The van der Waals surface area contributed by atoms with Crippen molar-refractivity contribution in [3.63, 3.8) is 0 Å². The molecule has 1 atom stereocenters. The number of nitrogens with zero attached hydrogens (tertiary/aromatic N) is 1. The maximum Gasteiger partial charge on any atom is 0.387 e. The summed E-state index contributed by atoms with van der Waals surface area (Å²) in [5.74, 6) is -0.791. The quantitative estimate of drug-likeness (QED) is 0.704. The van der Waals surface area contributed by atoms with E-state index in [0.717, 1.165) is 5.56 Å². The Labute approximate surface area is 154 Å². The molecule has 146 valence electrons. The van der Waals surface area contributed by atoms with Gasteiger partial charge >= 0.3 is 12.6 Å².